The van der Waals surface area contributed by atoms with Crippen LogP contribution in [0.5, 0.6) is 0 Å². The standard InChI is InChI=1S/C17H28N2O5/c1-3-6-12(16(21)22)18-10(2)15(20)19-13-8-5-4-7-11(13)9-14(19)17(23)24/h10-14,18H,3-9H2,1-2H3,(H,21,22)(H,23,24)/t10-,11-,12?,13-,14-/m0/s1. The lowest BCUT2D eigenvalue weighted by molar-refractivity contribution is -0.151. The minimum atomic E-state index is -0.983. The predicted molar refractivity (Wildman–Crippen MR) is 87.6 cm³/mol. The maximum Gasteiger partial charge on any atom is 0.326 e. The van der Waals surface area contributed by atoms with E-state index in [0.717, 1.165) is 25.7 Å². The quantitative estimate of drug-likeness (QED) is 0.648. The lowest BCUT2D eigenvalue weighted by Gasteiger charge is -2.35. The molecule has 1 saturated carbocycles. The third-order valence-corrected chi connectivity index (χ3v) is 5.32. The van der Waals surface area contributed by atoms with Gasteiger partial charge in [0, 0.05) is 6.04 Å². The maximum absolute atomic E-state index is 12.9. The maximum atomic E-state index is 12.9. The molecule has 0 bridgehead atoms. The van der Waals surface area contributed by atoms with E-state index in [0.29, 0.717) is 19.3 Å². The Morgan fingerprint density at radius 3 is 2.46 bits per heavy atom. The number of aliphatic carboxylic acids is 2. The summed E-state index contributed by atoms with van der Waals surface area (Å²) < 4.78 is 0. The molecule has 1 heterocycles. The highest BCUT2D eigenvalue weighted by molar-refractivity contribution is 5.88. The molecule has 1 aliphatic heterocycles. The van der Waals surface area contributed by atoms with Crippen LogP contribution in [0.4, 0.5) is 0 Å². The molecule has 7 heteroatoms. The molecule has 0 radical (unpaired) electrons. The minimum Gasteiger partial charge on any atom is -0.480 e. The summed E-state index contributed by atoms with van der Waals surface area (Å²) in [5.74, 6) is -1.99. The van der Waals surface area contributed by atoms with Gasteiger partial charge in [-0.2, -0.15) is 0 Å². The van der Waals surface area contributed by atoms with Crippen molar-refractivity contribution in [1.82, 2.24) is 10.2 Å². The summed E-state index contributed by atoms with van der Waals surface area (Å²) in [6, 6.07) is -2.31. The number of likely N-dealkylation sites (tertiary alicyclic amines) is 1. The Labute approximate surface area is 142 Å². The number of hydrogen-bond acceptors (Lipinski definition) is 4. The zero-order valence-electron chi connectivity index (χ0n) is 14.4. The average molecular weight is 340 g/mol. The van der Waals surface area contributed by atoms with Crippen molar-refractivity contribution in [3.8, 4) is 0 Å². The van der Waals surface area contributed by atoms with Gasteiger partial charge in [0.05, 0.1) is 6.04 Å². The molecular weight excluding hydrogens is 312 g/mol. The number of rotatable bonds is 7. The van der Waals surface area contributed by atoms with Crippen molar-refractivity contribution in [2.24, 2.45) is 5.92 Å². The molecule has 2 rings (SSSR count). The molecule has 7 nitrogen and oxygen atoms in total. The normalized spacial score (nSPS) is 28.9. The van der Waals surface area contributed by atoms with Gasteiger partial charge in [-0.15, -0.1) is 0 Å². The average Bonchev–Trinajstić information content (AvgIpc) is 2.93. The van der Waals surface area contributed by atoms with Gasteiger partial charge in [0.2, 0.25) is 5.91 Å². The van der Waals surface area contributed by atoms with Crippen LogP contribution in [-0.4, -0.2) is 57.1 Å². The molecule has 0 aromatic heterocycles. The van der Waals surface area contributed by atoms with Gasteiger partial charge in [-0.05, 0) is 38.5 Å². The molecular formula is C17H28N2O5. The zero-order valence-corrected chi connectivity index (χ0v) is 14.4. The van der Waals surface area contributed by atoms with E-state index in [4.69, 9.17) is 0 Å². The van der Waals surface area contributed by atoms with Crippen LogP contribution in [0.3, 0.4) is 0 Å². The number of carbonyl (C=O) groups excluding carboxylic acids is 1. The molecule has 136 valence electrons. The number of fused-ring (bicyclic) bond motifs is 1. The van der Waals surface area contributed by atoms with Gasteiger partial charge in [0.25, 0.3) is 0 Å². The van der Waals surface area contributed by atoms with Crippen LogP contribution in [0.25, 0.3) is 0 Å². The van der Waals surface area contributed by atoms with E-state index in [-0.39, 0.29) is 17.9 Å². The van der Waals surface area contributed by atoms with Crippen molar-refractivity contribution >= 4 is 17.8 Å². The van der Waals surface area contributed by atoms with E-state index in [9.17, 15) is 24.6 Å². The second-order valence-electron chi connectivity index (χ2n) is 7.01. The van der Waals surface area contributed by atoms with Crippen molar-refractivity contribution in [1.29, 1.82) is 0 Å². The van der Waals surface area contributed by atoms with Crippen molar-refractivity contribution in [3.63, 3.8) is 0 Å². The first-order chi connectivity index (χ1) is 11.4. The Kier molecular flexibility index (Phi) is 6.21. The highest BCUT2D eigenvalue weighted by atomic mass is 16.4. The fourth-order valence-corrected chi connectivity index (χ4v) is 4.16. The number of amides is 1. The number of nitrogens with one attached hydrogen (secondary N) is 1. The molecule has 0 aromatic carbocycles. The van der Waals surface area contributed by atoms with E-state index >= 15 is 0 Å². The molecule has 1 aliphatic carbocycles. The molecule has 3 N–H and O–H groups in total. The summed E-state index contributed by atoms with van der Waals surface area (Å²) in [4.78, 5) is 37.3. The number of hydrogen-bond donors (Lipinski definition) is 3. The first-order valence-corrected chi connectivity index (χ1v) is 8.90. The van der Waals surface area contributed by atoms with Crippen molar-refractivity contribution in [3.05, 3.63) is 0 Å². The highest BCUT2D eigenvalue weighted by Crippen LogP contribution is 2.40. The minimum absolute atomic E-state index is 0.0222. The summed E-state index contributed by atoms with van der Waals surface area (Å²) in [5, 5.41) is 21.6. The van der Waals surface area contributed by atoms with Crippen LogP contribution in [0.1, 0.15) is 58.8 Å². The molecule has 1 saturated heterocycles. The van der Waals surface area contributed by atoms with E-state index < -0.39 is 30.1 Å². The smallest absolute Gasteiger partial charge is 0.326 e. The Morgan fingerprint density at radius 1 is 1.21 bits per heavy atom. The van der Waals surface area contributed by atoms with E-state index in [2.05, 4.69) is 5.32 Å². The number of carboxylic acid groups (broad SMARTS) is 2. The fourth-order valence-electron chi connectivity index (χ4n) is 4.16. The topological polar surface area (TPSA) is 107 Å². The molecule has 1 unspecified atom stereocenters. The van der Waals surface area contributed by atoms with E-state index in [1.165, 1.54) is 4.90 Å². The summed E-state index contributed by atoms with van der Waals surface area (Å²) in [5.41, 5.74) is 0. The van der Waals surface area contributed by atoms with Gasteiger partial charge in [0.1, 0.15) is 12.1 Å². The molecule has 2 fully saturated rings. The van der Waals surface area contributed by atoms with Gasteiger partial charge in [-0.1, -0.05) is 26.2 Å². The number of carbonyl (C=O) groups is 3. The second kappa shape index (κ2) is 7.96. The van der Waals surface area contributed by atoms with Gasteiger partial charge in [0.15, 0.2) is 0 Å². The van der Waals surface area contributed by atoms with Crippen LogP contribution in [-0.2, 0) is 14.4 Å². The molecule has 5 atom stereocenters. The second-order valence-corrected chi connectivity index (χ2v) is 7.01. The summed E-state index contributed by atoms with van der Waals surface area (Å²) in [6.07, 6.45) is 5.53. The van der Waals surface area contributed by atoms with Crippen molar-refractivity contribution in [2.75, 3.05) is 0 Å². The molecule has 0 spiro atoms. The summed E-state index contributed by atoms with van der Waals surface area (Å²) >= 11 is 0. The highest BCUT2D eigenvalue weighted by Gasteiger charge is 2.48. The molecule has 2 aliphatic rings. The Balaban J connectivity index is 2.12. The zero-order chi connectivity index (χ0) is 17.9. The largest absolute Gasteiger partial charge is 0.480 e. The van der Waals surface area contributed by atoms with Crippen molar-refractivity contribution in [2.45, 2.75) is 83.0 Å². The molecule has 0 aromatic rings. The summed E-state index contributed by atoms with van der Waals surface area (Å²) in [6.45, 7) is 3.51. The van der Waals surface area contributed by atoms with Gasteiger partial charge >= 0.3 is 11.9 Å². The monoisotopic (exact) mass is 340 g/mol. The molecule has 24 heavy (non-hydrogen) atoms. The fraction of sp³-hybridized carbons (Fsp3) is 0.824. The number of nitrogens with zero attached hydrogens (tertiary/aromatic N) is 1. The lowest BCUT2D eigenvalue weighted by Crippen LogP contribution is -2.55. The first kappa shape index (κ1) is 18.7. The van der Waals surface area contributed by atoms with Gasteiger partial charge in [-0.25, -0.2) is 4.79 Å². The van der Waals surface area contributed by atoms with E-state index in [1.807, 2.05) is 6.92 Å². The first-order valence-electron chi connectivity index (χ1n) is 8.90. The van der Waals surface area contributed by atoms with Crippen LogP contribution >= 0.6 is 0 Å². The predicted octanol–water partition coefficient (Wildman–Crippen LogP) is 1.46. The van der Waals surface area contributed by atoms with Crippen LogP contribution in [0.2, 0.25) is 0 Å². The Morgan fingerprint density at radius 2 is 1.88 bits per heavy atom. The Hall–Kier alpha value is -1.63. The Bertz CT molecular complexity index is 495. The number of carboxylic acids is 2. The van der Waals surface area contributed by atoms with Crippen LogP contribution < -0.4 is 5.32 Å². The van der Waals surface area contributed by atoms with Gasteiger partial charge in [-0.3, -0.25) is 14.9 Å². The summed E-state index contributed by atoms with van der Waals surface area (Å²) in [7, 11) is 0. The SMILES string of the molecule is CCCC(N[C@@H](C)C(=O)N1[C@H](C(=O)O)C[C@@H]2CCCC[C@@H]21)C(=O)O. The lowest BCUT2D eigenvalue weighted by atomic mass is 9.84. The van der Waals surface area contributed by atoms with Gasteiger partial charge < -0.3 is 15.1 Å². The van der Waals surface area contributed by atoms with Crippen LogP contribution in [0, 0.1) is 5.92 Å². The molecule has 1 amide bonds. The van der Waals surface area contributed by atoms with E-state index in [1.54, 1.807) is 6.92 Å². The van der Waals surface area contributed by atoms with Crippen molar-refractivity contribution < 1.29 is 24.6 Å². The third kappa shape index (κ3) is 3.88. The third-order valence-electron chi connectivity index (χ3n) is 5.32. The van der Waals surface area contributed by atoms with Crippen LogP contribution in [0.15, 0.2) is 0 Å².